The van der Waals surface area contributed by atoms with Crippen molar-refractivity contribution in [2.45, 2.75) is 12.6 Å². The number of alkyl halides is 4. The fourth-order valence-electron chi connectivity index (χ4n) is 1.49. The van der Waals surface area contributed by atoms with Crippen molar-refractivity contribution in [2.24, 2.45) is 0 Å². The Balaban J connectivity index is 2.23. The third-order valence-corrected chi connectivity index (χ3v) is 2.80. The van der Waals surface area contributed by atoms with Gasteiger partial charge in [0.15, 0.2) is 5.76 Å². The van der Waals surface area contributed by atoms with E-state index in [1.54, 1.807) is 6.07 Å². The van der Waals surface area contributed by atoms with Crippen molar-refractivity contribution in [3.8, 4) is 11.3 Å². The monoisotopic (exact) mass is 319 g/mol. The number of hydrogen-bond donors (Lipinski definition) is 0. The zero-order valence-electron chi connectivity index (χ0n) is 9.17. The van der Waals surface area contributed by atoms with Crippen molar-refractivity contribution >= 4 is 15.9 Å². The molecule has 0 bridgehead atoms. The number of halogens is 4. The van der Waals surface area contributed by atoms with Crippen LogP contribution in [-0.4, -0.2) is 10.5 Å². The van der Waals surface area contributed by atoms with Crippen LogP contribution in [0.2, 0.25) is 0 Å². The zero-order valence-corrected chi connectivity index (χ0v) is 10.8. The van der Waals surface area contributed by atoms with Crippen LogP contribution < -0.4 is 0 Å². The van der Waals surface area contributed by atoms with Gasteiger partial charge in [-0.15, -0.1) is 0 Å². The highest BCUT2D eigenvalue weighted by Gasteiger charge is 2.30. The lowest BCUT2D eigenvalue weighted by atomic mass is 10.1. The van der Waals surface area contributed by atoms with Crippen LogP contribution in [0.5, 0.6) is 0 Å². The minimum absolute atomic E-state index is 0.472. The van der Waals surface area contributed by atoms with Crippen LogP contribution in [0.1, 0.15) is 11.3 Å². The van der Waals surface area contributed by atoms with E-state index in [2.05, 4.69) is 21.1 Å². The molecule has 18 heavy (non-hydrogen) atoms. The van der Waals surface area contributed by atoms with Gasteiger partial charge in [-0.1, -0.05) is 33.2 Å². The van der Waals surface area contributed by atoms with E-state index in [9.17, 15) is 13.2 Å². The van der Waals surface area contributed by atoms with Crippen LogP contribution >= 0.6 is 15.9 Å². The minimum atomic E-state index is -4.32. The lowest BCUT2D eigenvalue weighted by Gasteiger charge is -2.06. The summed E-state index contributed by atoms with van der Waals surface area (Å²) in [4.78, 5) is 0. The molecule has 0 atom stereocenters. The molecule has 0 amide bonds. The first-order chi connectivity index (χ1) is 8.50. The normalized spacial score (nSPS) is 11.8. The summed E-state index contributed by atoms with van der Waals surface area (Å²) in [6.45, 7) is 0. The van der Waals surface area contributed by atoms with Gasteiger partial charge in [0, 0.05) is 23.4 Å². The van der Waals surface area contributed by atoms with E-state index in [1.165, 1.54) is 12.1 Å². The lowest BCUT2D eigenvalue weighted by molar-refractivity contribution is -0.137. The Morgan fingerprint density at radius 1 is 1.17 bits per heavy atom. The predicted octanol–water partition coefficient (Wildman–Crippen LogP) is 4.30. The molecule has 0 aliphatic rings. The summed E-state index contributed by atoms with van der Waals surface area (Å²) >= 11 is 3.28. The van der Waals surface area contributed by atoms with Gasteiger partial charge < -0.3 is 4.52 Å². The first-order valence-electron chi connectivity index (χ1n) is 5.20. The molecule has 96 valence electrons. The van der Waals surface area contributed by atoms with Gasteiger partial charge in [-0.25, -0.2) is 0 Å². The molecule has 0 saturated carbocycles. The fraction of sp³-hybridized carbons (Fsp3) is 0.250. The molecule has 2 aromatic rings. The van der Waals surface area contributed by atoms with Gasteiger partial charge in [-0.05, 0) is 12.1 Å². The molecule has 0 spiro atoms. The van der Waals surface area contributed by atoms with Gasteiger partial charge in [-0.2, -0.15) is 13.2 Å². The van der Waals surface area contributed by atoms with E-state index < -0.39 is 11.7 Å². The van der Waals surface area contributed by atoms with Crippen molar-refractivity contribution in [3.05, 3.63) is 41.6 Å². The maximum absolute atomic E-state index is 12.4. The van der Waals surface area contributed by atoms with Crippen LogP contribution in [0.25, 0.3) is 11.3 Å². The van der Waals surface area contributed by atoms with Gasteiger partial charge in [0.25, 0.3) is 0 Å². The maximum atomic E-state index is 12.4. The second-order valence-corrected chi connectivity index (χ2v) is 4.49. The van der Waals surface area contributed by atoms with Crippen LogP contribution in [0.3, 0.4) is 0 Å². The van der Waals surface area contributed by atoms with Crippen LogP contribution in [-0.2, 0) is 12.6 Å². The van der Waals surface area contributed by atoms with Gasteiger partial charge in [0.1, 0.15) is 0 Å². The van der Waals surface area contributed by atoms with E-state index in [1.807, 2.05) is 0 Å². The minimum Gasteiger partial charge on any atom is -0.356 e. The lowest BCUT2D eigenvalue weighted by Crippen LogP contribution is -2.03. The molecule has 1 aromatic carbocycles. The van der Waals surface area contributed by atoms with Crippen molar-refractivity contribution in [3.63, 3.8) is 0 Å². The Labute approximate surface area is 110 Å². The Morgan fingerprint density at radius 2 is 1.83 bits per heavy atom. The predicted molar refractivity (Wildman–Crippen MR) is 64.4 cm³/mol. The van der Waals surface area contributed by atoms with E-state index in [0.717, 1.165) is 23.2 Å². The van der Waals surface area contributed by atoms with Gasteiger partial charge in [-0.3, -0.25) is 0 Å². The number of rotatable bonds is 3. The molecule has 1 aromatic heterocycles. The molecular formula is C12H9BrF3NO. The summed E-state index contributed by atoms with van der Waals surface area (Å²) in [7, 11) is 0. The molecule has 0 N–H and O–H groups in total. The first-order valence-corrected chi connectivity index (χ1v) is 6.32. The second-order valence-electron chi connectivity index (χ2n) is 3.70. The molecule has 0 fully saturated rings. The highest BCUT2D eigenvalue weighted by atomic mass is 79.9. The van der Waals surface area contributed by atoms with E-state index in [-0.39, 0.29) is 0 Å². The first kappa shape index (κ1) is 13.1. The Morgan fingerprint density at radius 3 is 2.39 bits per heavy atom. The summed E-state index contributed by atoms with van der Waals surface area (Å²) in [5.41, 5.74) is 0.671. The van der Waals surface area contributed by atoms with Gasteiger partial charge in [0.2, 0.25) is 0 Å². The summed E-state index contributed by atoms with van der Waals surface area (Å²) in [5.74, 6) is 0.472. The van der Waals surface area contributed by atoms with Crippen LogP contribution in [0.4, 0.5) is 13.2 Å². The van der Waals surface area contributed by atoms with Crippen molar-refractivity contribution in [1.82, 2.24) is 5.16 Å². The third-order valence-electron chi connectivity index (χ3n) is 2.41. The summed E-state index contributed by atoms with van der Waals surface area (Å²) < 4.78 is 42.2. The van der Waals surface area contributed by atoms with Crippen molar-refractivity contribution in [1.29, 1.82) is 0 Å². The summed E-state index contributed by atoms with van der Waals surface area (Å²) in [5, 5.41) is 4.58. The molecule has 0 aliphatic carbocycles. The average molecular weight is 320 g/mol. The summed E-state index contributed by atoms with van der Waals surface area (Å²) in [6.07, 6.45) is -3.61. The number of nitrogens with zero attached hydrogens (tertiary/aromatic N) is 1. The molecule has 0 saturated heterocycles. The molecule has 2 nitrogen and oxygen atoms in total. The maximum Gasteiger partial charge on any atom is 0.416 e. The third kappa shape index (κ3) is 2.93. The largest absolute Gasteiger partial charge is 0.416 e. The Kier molecular flexibility index (Phi) is 3.75. The van der Waals surface area contributed by atoms with E-state index in [0.29, 0.717) is 17.7 Å². The quantitative estimate of drug-likeness (QED) is 0.788. The molecule has 2 rings (SSSR count). The van der Waals surface area contributed by atoms with Crippen molar-refractivity contribution < 1.29 is 17.7 Å². The Hall–Kier alpha value is -1.30. The molecule has 6 heteroatoms. The number of hydrogen-bond acceptors (Lipinski definition) is 2. The Bertz CT molecular complexity index is 519. The van der Waals surface area contributed by atoms with Crippen LogP contribution in [0.15, 0.2) is 34.9 Å². The standard InChI is InChI=1S/C12H9BrF3NO/c13-6-5-10-7-11(18-17-10)8-1-3-9(4-2-8)12(14,15)16/h1-4,7H,5-6H2. The number of aryl methyl sites for hydroxylation is 1. The highest BCUT2D eigenvalue weighted by Crippen LogP contribution is 2.31. The van der Waals surface area contributed by atoms with Crippen molar-refractivity contribution in [2.75, 3.05) is 5.33 Å². The molecule has 0 unspecified atom stereocenters. The van der Waals surface area contributed by atoms with Crippen LogP contribution in [0, 0.1) is 0 Å². The SMILES string of the molecule is FC(F)(F)c1ccc(-c2cc(CCBr)no2)cc1. The van der Waals surface area contributed by atoms with E-state index >= 15 is 0 Å². The molecule has 0 aliphatic heterocycles. The second kappa shape index (κ2) is 5.14. The van der Waals surface area contributed by atoms with Gasteiger partial charge in [0.05, 0.1) is 11.3 Å². The average Bonchev–Trinajstić information content (AvgIpc) is 2.77. The van der Waals surface area contributed by atoms with Gasteiger partial charge >= 0.3 is 6.18 Å². The molecule has 1 heterocycles. The summed E-state index contributed by atoms with van der Waals surface area (Å²) in [6, 6.07) is 6.54. The number of aromatic nitrogens is 1. The molecular weight excluding hydrogens is 311 g/mol. The zero-order chi connectivity index (χ0) is 13.2. The topological polar surface area (TPSA) is 26.0 Å². The van der Waals surface area contributed by atoms with E-state index in [4.69, 9.17) is 4.52 Å². The number of benzene rings is 1. The fourth-order valence-corrected chi connectivity index (χ4v) is 1.89. The highest BCUT2D eigenvalue weighted by molar-refractivity contribution is 9.09. The molecule has 0 radical (unpaired) electrons. The smallest absolute Gasteiger partial charge is 0.356 e.